The first kappa shape index (κ1) is 44.7. The molecule has 77 heavy (non-hydrogen) atoms. The number of para-hydroxylation sites is 2. The number of fused-ring (bicyclic) bond motifs is 11. The third-order valence-electron chi connectivity index (χ3n) is 16.6. The molecule has 12 aromatic carbocycles. The Bertz CT molecular complexity index is 4790. The number of nitrogens with zero attached hydrogens (tertiary/aromatic N) is 2. The van der Waals surface area contributed by atoms with Crippen molar-refractivity contribution in [1.29, 1.82) is 0 Å². The quantitative estimate of drug-likeness (QED) is 0.163. The van der Waals surface area contributed by atoms with Gasteiger partial charge in [0, 0.05) is 38.2 Å². The molecule has 362 valence electrons. The van der Waals surface area contributed by atoms with Gasteiger partial charge in [-0.3, -0.25) is 0 Å². The van der Waals surface area contributed by atoms with Gasteiger partial charge in [-0.2, -0.15) is 0 Å². The Labute approximate surface area is 448 Å². The fourth-order valence-electron chi connectivity index (χ4n) is 13.0. The van der Waals surface area contributed by atoms with Gasteiger partial charge in [0.2, 0.25) is 0 Å². The van der Waals surface area contributed by atoms with Crippen LogP contribution in [-0.2, 0) is 5.41 Å². The summed E-state index contributed by atoms with van der Waals surface area (Å²) in [5.41, 5.74) is 18.8. The monoisotopic (exact) mass is 980 g/mol. The van der Waals surface area contributed by atoms with E-state index in [0.29, 0.717) is 0 Å². The first-order valence-corrected chi connectivity index (χ1v) is 26.8. The summed E-state index contributed by atoms with van der Waals surface area (Å²) in [6.45, 7) is 4.76. The summed E-state index contributed by atoms with van der Waals surface area (Å²) < 4.78 is 5.10. The SMILES string of the molecule is CC1(C)c2ccccc2-c2c(-n3c4ccccc4c4cccc5c6cc(-c7ccccc7)ccc6n(-c6ccc(-c7ccccc7)cc6)c6ccccc6c6cccc(c7cc(-c8ccccc8)ccc73)c6c54)cccc21. The van der Waals surface area contributed by atoms with Crippen molar-refractivity contribution in [3.63, 3.8) is 0 Å². The van der Waals surface area contributed by atoms with Crippen LogP contribution in [0.2, 0.25) is 0 Å². The first-order chi connectivity index (χ1) is 38.0. The minimum absolute atomic E-state index is 0.185. The number of rotatable bonds is 5. The van der Waals surface area contributed by atoms with Gasteiger partial charge in [0.1, 0.15) is 0 Å². The molecule has 0 radical (unpaired) electrons. The van der Waals surface area contributed by atoms with Crippen LogP contribution in [0.1, 0.15) is 25.0 Å². The largest absolute Gasteiger partial charge is 0.309 e. The van der Waals surface area contributed by atoms with Gasteiger partial charge < -0.3 is 9.13 Å². The van der Waals surface area contributed by atoms with Crippen LogP contribution in [0.5, 0.6) is 0 Å². The molecular formula is C75H52N2. The molecule has 0 spiro atoms. The summed E-state index contributed by atoms with van der Waals surface area (Å²) in [5, 5.41) is 11.7. The lowest BCUT2D eigenvalue weighted by atomic mass is 9.82. The van der Waals surface area contributed by atoms with Crippen molar-refractivity contribution < 1.29 is 0 Å². The maximum atomic E-state index is 2.59. The van der Waals surface area contributed by atoms with Crippen molar-refractivity contribution in [3.8, 4) is 55.9 Å². The summed E-state index contributed by atoms with van der Waals surface area (Å²) in [6, 6.07) is 104. The van der Waals surface area contributed by atoms with E-state index in [0.717, 1.165) is 60.5 Å². The average molecular weight is 981 g/mol. The van der Waals surface area contributed by atoms with Crippen LogP contribution in [0.4, 0.5) is 0 Å². The highest BCUT2D eigenvalue weighted by Gasteiger charge is 2.37. The van der Waals surface area contributed by atoms with Crippen LogP contribution in [0.3, 0.4) is 0 Å². The zero-order valence-electron chi connectivity index (χ0n) is 43.0. The molecule has 0 bridgehead atoms. The molecule has 0 N–H and O–H groups in total. The molecule has 1 aliphatic rings. The van der Waals surface area contributed by atoms with Crippen molar-refractivity contribution >= 4 is 75.9 Å². The van der Waals surface area contributed by atoms with E-state index in [4.69, 9.17) is 0 Å². The summed E-state index contributed by atoms with van der Waals surface area (Å²) >= 11 is 0. The minimum Gasteiger partial charge on any atom is -0.309 e. The van der Waals surface area contributed by atoms with Gasteiger partial charge in [-0.15, -0.1) is 0 Å². The molecule has 2 heterocycles. The molecule has 0 saturated carbocycles. The molecular weight excluding hydrogens is 929 g/mol. The molecule has 1 aliphatic carbocycles. The number of hydrogen-bond acceptors (Lipinski definition) is 0. The second kappa shape index (κ2) is 17.7. The van der Waals surface area contributed by atoms with E-state index in [-0.39, 0.29) is 5.41 Å². The molecule has 0 saturated heterocycles. The summed E-state index contributed by atoms with van der Waals surface area (Å²) in [6.07, 6.45) is 0. The molecule has 0 amide bonds. The van der Waals surface area contributed by atoms with Gasteiger partial charge in [-0.05, 0) is 137 Å². The Balaban J connectivity index is 1.22. The molecule has 14 aromatic rings. The van der Waals surface area contributed by atoms with Crippen LogP contribution in [0.25, 0.3) is 132 Å². The highest BCUT2D eigenvalue weighted by molar-refractivity contribution is 6.34. The Morgan fingerprint density at radius 3 is 1.19 bits per heavy atom. The van der Waals surface area contributed by atoms with E-state index < -0.39 is 0 Å². The van der Waals surface area contributed by atoms with Crippen LogP contribution < -0.4 is 0 Å². The van der Waals surface area contributed by atoms with Crippen LogP contribution in [0, 0.1) is 0 Å². The molecule has 0 atom stereocenters. The summed E-state index contributed by atoms with van der Waals surface area (Å²) in [5.74, 6) is 0. The van der Waals surface area contributed by atoms with Gasteiger partial charge in [0.05, 0.1) is 27.8 Å². The van der Waals surface area contributed by atoms with E-state index in [1.165, 1.54) is 82.4 Å². The standard InChI is InChI=1S/C75H52N2/c1-75(2)65-34-15-12-29-62(65)74-66(75)35-20-38-71(74)77-68-37-17-14-28-57(68)59-31-19-32-60-63-47-53(50-23-8-4-9-24-50)41-45-69(63)76(55-43-39-52(40-44-55)49-21-6-3-7-22-49)67-36-16-13-27-56(67)58-30-18-33-61(72(58)73(59)60)64-48-54(42-46-70(64)77)51-25-10-5-11-26-51/h3-48H,1-2H3. The van der Waals surface area contributed by atoms with Gasteiger partial charge in [-0.25, -0.2) is 0 Å². The summed E-state index contributed by atoms with van der Waals surface area (Å²) in [7, 11) is 0. The van der Waals surface area contributed by atoms with Gasteiger partial charge >= 0.3 is 0 Å². The van der Waals surface area contributed by atoms with E-state index in [1.807, 2.05) is 0 Å². The Morgan fingerprint density at radius 1 is 0.260 bits per heavy atom. The smallest absolute Gasteiger partial charge is 0.0543 e. The Hall–Kier alpha value is -9.76. The molecule has 0 aliphatic heterocycles. The molecule has 2 aromatic heterocycles. The van der Waals surface area contributed by atoms with E-state index in [1.54, 1.807) is 0 Å². The molecule has 0 fully saturated rings. The molecule has 2 heteroatoms. The number of benzene rings is 12. The highest BCUT2D eigenvalue weighted by atomic mass is 15.0. The fourth-order valence-corrected chi connectivity index (χ4v) is 13.0. The minimum atomic E-state index is -0.185. The van der Waals surface area contributed by atoms with Crippen molar-refractivity contribution in [2.45, 2.75) is 19.3 Å². The third kappa shape index (κ3) is 7.03. The van der Waals surface area contributed by atoms with E-state index in [9.17, 15) is 0 Å². The van der Waals surface area contributed by atoms with E-state index >= 15 is 0 Å². The highest BCUT2D eigenvalue weighted by Crippen LogP contribution is 2.52. The van der Waals surface area contributed by atoms with Gasteiger partial charge in [0.25, 0.3) is 0 Å². The van der Waals surface area contributed by atoms with Crippen molar-refractivity contribution in [1.82, 2.24) is 9.13 Å². The number of aromatic nitrogens is 2. The average Bonchev–Trinajstić information content (AvgIpc) is 3.90. The van der Waals surface area contributed by atoms with E-state index in [2.05, 4.69) is 302 Å². The lowest BCUT2D eigenvalue weighted by Crippen LogP contribution is -2.15. The van der Waals surface area contributed by atoms with Crippen molar-refractivity contribution in [3.05, 3.63) is 290 Å². The van der Waals surface area contributed by atoms with Crippen molar-refractivity contribution in [2.24, 2.45) is 0 Å². The molecule has 0 unspecified atom stereocenters. The van der Waals surface area contributed by atoms with Gasteiger partial charge in [0.15, 0.2) is 0 Å². The maximum Gasteiger partial charge on any atom is 0.0543 e. The lowest BCUT2D eigenvalue weighted by Gasteiger charge is -2.22. The Morgan fingerprint density at radius 2 is 0.636 bits per heavy atom. The normalized spacial score (nSPS) is 12.6. The van der Waals surface area contributed by atoms with Crippen LogP contribution in [0.15, 0.2) is 279 Å². The molecule has 15 rings (SSSR count). The van der Waals surface area contributed by atoms with Crippen molar-refractivity contribution in [2.75, 3.05) is 0 Å². The predicted molar refractivity (Wildman–Crippen MR) is 328 cm³/mol. The maximum absolute atomic E-state index is 2.59. The van der Waals surface area contributed by atoms with Crippen LogP contribution in [-0.4, -0.2) is 9.13 Å². The zero-order chi connectivity index (χ0) is 51.2. The predicted octanol–water partition coefficient (Wildman–Crippen LogP) is 20.3. The second-order valence-electron chi connectivity index (χ2n) is 21.1. The Kier molecular flexibility index (Phi) is 10.3. The summed E-state index contributed by atoms with van der Waals surface area (Å²) in [4.78, 5) is 0. The second-order valence-corrected chi connectivity index (χ2v) is 21.1. The third-order valence-corrected chi connectivity index (χ3v) is 16.6. The first-order valence-electron chi connectivity index (χ1n) is 26.8. The molecule has 2 nitrogen and oxygen atoms in total. The fraction of sp³-hybridized carbons (Fsp3) is 0.0400. The lowest BCUT2D eigenvalue weighted by molar-refractivity contribution is 0.660. The van der Waals surface area contributed by atoms with Crippen LogP contribution >= 0.6 is 0 Å². The van der Waals surface area contributed by atoms with Gasteiger partial charge in [-0.1, -0.05) is 238 Å². The topological polar surface area (TPSA) is 9.86 Å². The zero-order valence-corrected chi connectivity index (χ0v) is 43.0. The number of hydrogen-bond donors (Lipinski definition) is 0.